The van der Waals surface area contributed by atoms with Gasteiger partial charge in [-0.1, -0.05) is 6.07 Å². The molecule has 1 heterocycles. The van der Waals surface area contributed by atoms with Crippen molar-refractivity contribution in [2.24, 2.45) is 0 Å². The maximum atomic E-state index is 6.09. The monoisotopic (exact) mass is 234 g/mol. The minimum absolute atomic E-state index is 0.371. The standard InChI is InChI=1S/C14H22N2O/c1-3-16(10-12-5-4-8-17-12)14-7-6-11(2)9-13(14)15/h6-7,9,12H,3-5,8,10,15H2,1-2H3. The van der Waals surface area contributed by atoms with Gasteiger partial charge >= 0.3 is 0 Å². The third kappa shape index (κ3) is 2.91. The molecule has 2 rings (SSSR count). The molecular weight excluding hydrogens is 212 g/mol. The number of hydrogen-bond donors (Lipinski definition) is 1. The molecule has 1 aromatic rings. The first kappa shape index (κ1) is 12.2. The fourth-order valence-electron chi connectivity index (χ4n) is 2.39. The zero-order valence-electron chi connectivity index (χ0n) is 10.8. The van der Waals surface area contributed by atoms with Gasteiger partial charge < -0.3 is 15.4 Å². The molecule has 0 aromatic heterocycles. The fourth-order valence-corrected chi connectivity index (χ4v) is 2.39. The number of ether oxygens (including phenoxy) is 1. The average molecular weight is 234 g/mol. The van der Waals surface area contributed by atoms with Crippen molar-refractivity contribution >= 4 is 11.4 Å². The highest BCUT2D eigenvalue weighted by molar-refractivity contribution is 5.68. The quantitative estimate of drug-likeness (QED) is 0.814. The summed E-state index contributed by atoms with van der Waals surface area (Å²) >= 11 is 0. The number of aryl methyl sites for hydroxylation is 1. The molecule has 0 radical (unpaired) electrons. The summed E-state index contributed by atoms with van der Waals surface area (Å²) in [6.45, 7) is 7.05. The first-order valence-electron chi connectivity index (χ1n) is 6.43. The lowest BCUT2D eigenvalue weighted by Gasteiger charge is -2.27. The van der Waals surface area contributed by atoms with Gasteiger partial charge in [0.1, 0.15) is 0 Å². The Morgan fingerprint density at radius 1 is 1.47 bits per heavy atom. The smallest absolute Gasteiger partial charge is 0.0750 e. The van der Waals surface area contributed by atoms with Crippen LogP contribution in [0.3, 0.4) is 0 Å². The Balaban J connectivity index is 2.10. The zero-order chi connectivity index (χ0) is 12.3. The molecule has 1 aliphatic heterocycles. The molecule has 17 heavy (non-hydrogen) atoms. The molecule has 2 N–H and O–H groups in total. The Morgan fingerprint density at radius 2 is 2.29 bits per heavy atom. The van der Waals surface area contributed by atoms with Crippen LogP contribution in [0, 0.1) is 6.92 Å². The highest BCUT2D eigenvalue weighted by Gasteiger charge is 2.19. The number of likely N-dealkylation sites (N-methyl/N-ethyl adjacent to an activating group) is 1. The van der Waals surface area contributed by atoms with Gasteiger partial charge in [-0.15, -0.1) is 0 Å². The largest absolute Gasteiger partial charge is 0.397 e. The van der Waals surface area contributed by atoms with E-state index < -0.39 is 0 Å². The average Bonchev–Trinajstić information content (AvgIpc) is 2.79. The second-order valence-electron chi connectivity index (χ2n) is 4.74. The summed E-state index contributed by atoms with van der Waals surface area (Å²) in [7, 11) is 0. The van der Waals surface area contributed by atoms with E-state index in [0.29, 0.717) is 6.10 Å². The summed E-state index contributed by atoms with van der Waals surface area (Å²) in [4.78, 5) is 2.31. The molecule has 3 heteroatoms. The Hall–Kier alpha value is -1.22. The lowest BCUT2D eigenvalue weighted by molar-refractivity contribution is 0.116. The van der Waals surface area contributed by atoms with Crippen LogP contribution in [-0.4, -0.2) is 25.8 Å². The maximum Gasteiger partial charge on any atom is 0.0750 e. The number of benzene rings is 1. The van der Waals surface area contributed by atoms with E-state index in [0.717, 1.165) is 31.1 Å². The molecule has 1 aliphatic rings. The summed E-state index contributed by atoms with van der Waals surface area (Å²) in [6.07, 6.45) is 2.73. The molecule has 0 bridgehead atoms. The van der Waals surface area contributed by atoms with Gasteiger partial charge in [0.15, 0.2) is 0 Å². The Kier molecular flexibility index (Phi) is 3.89. The van der Waals surface area contributed by atoms with Gasteiger partial charge in [-0.25, -0.2) is 0 Å². The Morgan fingerprint density at radius 3 is 2.88 bits per heavy atom. The predicted molar refractivity (Wildman–Crippen MR) is 72.5 cm³/mol. The summed E-state index contributed by atoms with van der Waals surface area (Å²) < 4.78 is 5.69. The minimum atomic E-state index is 0.371. The van der Waals surface area contributed by atoms with Gasteiger partial charge in [0, 0.05) is 19.7 Å². The Bertz CT molecular complexity index is 372. The molecule has 3 nitrogen and oxygen atoms in total. The number of hydrogen-bond acceptors (Lipinski definition) is 3. The lowest BCUT2D eigenvalue weighted by atomic mass is 10.1. The molecule has 94 valence electrons. The first-order chi connectivity index (χ1) is 8.20. The highest BCUT2D eigenvalue weighted by atomic mass is 16.5. The second kappa shape index (κ2) is 5.41. The maximum absolute atomic E-state index is 6.09. The first-order valence-corrected chi connectivity index (χ1v) is 6.43. The zero-order valence-corrected chi connectivity index (χ0v) is 10.8. The molecule has 1 fully saturated rings. The number of rotatable bonds is 4. The van der Waals surface area contributed by atoms with Crippen LogP contribution >= 0.6 is 0 Å². The van der Waals surface area contributed by atoms with E-state index in [-0.39, 0.29) is 0 Å². The van der Waals surface area contributed by atoms with Crippen molar-refractivity contribution in [2.45, 2.75) is 32.8 Å². The summed E-state index contributed by atoms with van der Waals surface area (Å²) in [5.41, 5.74) is 9.30. The van der Waals surface area contributed by atoms with Crippen LogP contribution in [0.1, 0.15) is 25.3 Å². The SMILES string of the molecule is CCN(CC1CCCO1)c1ccc(C)cc1N. The van der Waals surface area contributed by atoms with Crippen LogP contribution in [0.25, 0.3) is 0 Å². The second-order valence-corrected chi connectivity index (χ2v) is 4.74. The van der Waals surface area contributed by atoms with E-state index in [1.807, 2.05) is 6.07 Å². The summed E-state index contributed by atoms with van der Waals surface area (Å²) in [5, 5.41) is 0. The summed E-state index contributed by atoms with van der Waals surface area (Å²) in [6, 6.07) is 6.26. The molecule has 1 unspecified atom stereocenters. The van der Waals surface area contributed by atoms with Crippen LogP contribution in [0.2, 0.25) is 0 Å². The number of nitrogens with zero attached hydrogens (tertiary/aromatic N) is 1. The fraction of sp³-hybridized carbons (Fsp3) is 0.571. The number of anilines is 2. The van der Waals surface area contributed by atoms with E-state index in [1.165, 1.54) is 18.4 Å². The molecule has 1 aromatic carbocycles. The predicted octanol–water partition coefficient (Wildman–Crippen LogP) is 2.58. The van der Waals surface area contributed by atoms with Crippen molar-refractivity contribution in [3.63, 3.8) is 0 Å². The van der Waals surface area contributed by atoms with Gasteiger partial charge in [0.25, 0.3) is 0 Å². The molecular formula is C14H22N2O. The van der Waals surface area contributed by atoms with Crippen LogP contribution in [-0.2, 0) is 4.74 Å². The van der Waals surface area contributed by atoms with Crippen molar-refractivity contribution < 1.29 is 4.74 Å². The van der Waals surface area contributed by atoms with Crippen LogP contribution < -0.4 is 10.6 Å². The van der Waals surface area contributed by atoms with Gasteiger partial charge in [-0.05, 0) is 44.4 Å². The number of nitrogens with two attached hydrogens (primary N) is 1. The van der Waals surface area contributed by atoms with E-state index in [1.54, 1.807) is 0 Å². The van der Waals surface area contributed by atoms with Gasteiger partial charge in [0.05, 0.1) is 17.5 Å². The molecule has 1 atom stereocenters. The van der Waals surface area contributed by atoms with Crippen LogP contribution in [0.4, 0.5) is 11.4 Å². The van der Waals surface area contributed by atoms with E-state index in [9.17, 15) is 0 Å². The van der Waals surface area contributed by atoms with Crippen LogP contribution in [0.15, 0.2) is 18.2 Å². The molecule has 0 aliphatic carbocycles. The molecule has 0 spiro atoms. The topological polar surface area (TPSA) is 38.5 Å². The van der Waals surface area contributed by atoms with Crippen molar-refractivity contribution in [3.05, 3.63) is 23.8 Å². The van der Waals surface area contributed by atoms with Crippen molar-refractivity contribution in [1.82, 2.24) is 0 Å². The van der Waals surface area contributed by atoms with Crippen LogP contribution in [0.5, 0.6) is 0 Å². The Labute approximate surface area is 104 Å². The van der Waals surface area contributed by atoms with Crippen molar-refractivity contribution in [3.8, 4) is 0 Å². The number of nitrogen functional groups attached to an aromatic ring is 1. The van der Waals surface area contributed by atoms with E-state index >= 15 is 0 Å². The molecule has 0 saturated carbocycles. The third-order valence-corrected chi connectivity index (χ3v) is 3.35. The summed E-state index contributed by atoms with van der Waals surface area (Å²) in [5.74, 6) is 0. The normalized spacial score (nSPS) is 19.5. The van der Waals surface area contributed by atoms with Gasteiger partial charge in [-0.2, -0.15) is 0 Å². The minimum Gasteiger partial charge on any atom is -0.397 e. The highest BCUT2D eigenvalue weighted by Crippen LogP contribution is 2.25. The van der Waals surface area contributed by atoms with Gasteiger partial charge in [-0.3, -0.25) is 0 Å². The van der Waals surface area contributed by atoms with E-state index in [2.05, 4.69) is 30.9 Å². The van der Waals surface area contributed by atoms with Crippen molar-refractivity contribution in [1.29, 1.82) is 0 Å². The molecule has 1 saturated heterocycles. The van der Waals surface area contributed by atoms with E-state index in [4.69, 9.17) is 10.5 Å². The molecule has 0 amide bonds. The van der Waals surface area contributed by atoms with Gasteiger partial charge in [0.2, 0.25) is 0 Å². The third-order valence-electron chi connectivity index (χ3n) is 3.35. The lowest BCUT2D eigenvalue weighted by Crippen LogP contribution is -2.32. The van der Waals surface area contributed by atoms with Crippen molar-refractivity contribution in [2.75, 3.05) is 30.3 Å².